The average molecular weight is 184 g/mol. The summed E-state index contributed by atoms with van der Waals surface area (Å²) in [6, 6.07) is 3.23. The highest BCUT2D eigenvalue weighted by Gasteiger charge is 2.02. The van der Waals surface area contributed by atoms with Gasteiger partial charge in [0, 0.05) is 5.02 Å². The molecule has 0 aliphatic heterocycles. The first kappa shape index (κ1) is 7.24. The number of imidazole rings is 1. The molecule has 1 aromatic carbocycles. The van der Waals surface area contributed by atoms with Crippen molar-refractivity contribution in [2.45, 2.75) is 0 Å². The molecule has 5 heteroatoms. The minimum absolute atomic E-state index is 0.279. The van der Waals surface area contributed by atoms with Crippen molar-refractivity contribution in [2.75, 3.05) is 5.73 Å². The number of aromatic amines is 2. The zero-order valence-electron chi connectivity index (χ0n) is 6.02. The van der Waals surface area contributed by atoms with Gasteiger partial charge in [-0.2, -0.15) is 0 Å². The van der Waals surface area contributed by atoms with Crippen LogP contribution in [0.5, 0.6) is 0 Å². The Labute approximate surface area is 72.3 Å². The first-order chi connectivity index (χ1) is 5.66. The number of halogens is 1. The SMILES string of the molecule is Nc1cc(Cl)cc2[nH]c(=O)[nH]c12. The molecule has 0 saturated carbocycles. The van der Waals surface area contributed by atoms with Crippen molar-refractivity contribution in [3.05, 3.63) is 27.6 Å². The Kier molecular flexibility index (Phi) is 1.38. The van der Waals surface area contributed by atoms with Gasteiger partial charge in [-0.15, -0.1) is 0 Å². The quantitative estimate of drug-likeness (QED) is 0.535. The fourth-order valence-electron chi connectivity index (χ4n) is 1.13. The highest BCUT2D eigenvalue weighted by atomic mass is 35.5. The lowest BCUT2D eigenvalue weighted by atomic mass is 10.3. The number of nitrogens with one attached hydrogen (secondary N) is 2. The molecular formula is C7H6ClN3O. The van der Waals surface area contributed by atoms with E-state index in [0.717, 1.165) is 0 Å². The number of fused-ring (bicyclic) bond motifs is 1. The van der Waals surface area contributed by atoms with Gasteiger partial charge in [-0.1, -0.05) is 11.6 Å². The van der Waals surface area contributed by atoms with Crippen molar-refractivity contribution in [3.63, 3.8) is 0 Å². The fourth-order valence-corrected chi connectivity index (χ4v) is 1.36. The van der Waals surface area contributed by atoms with Gasteiger partial charge in [0.2, 0.25) is 0 Å². The summed E-state index contributed by atoms with van der Waals surface area (Å²) in [5.41, 5.74) is 7.02. The molecule has 0 spiro atoms. The van der Waals surface area contributed by atoms with Gasteiger partial charge in [-0.05, 0) is 12.1 Å². The van der Waals surface area contributed by atoms with Crippen LogP contribution in [0.25, 0.3) is 11.0 Å². The fraction of sp³-hybridized carbons (Fsp3) is 0. The van der Waals surface area contributed by atoms with E-state index in [4.69, 9.17) is 17.3 Å². The molecule has 0 amide bonds. The number of hydrogen-bond donors (Lipinski definition) is 3. The van der Waals surface area contributed by atoms with E-state index in [9.17, 15) is 4.79 Å². The van der Waals surface area contributed by atoms with E-state index in [1.165, 1.54) is 0 Å². The Bertz CT molecular complexity index is 485. The number of nitrogens with two attached hydrogens (primary N) is 1. The van der Waals surface area contributed by atoms with E-state index in [2.05, 4.69) is 9.97 Å². The summed E-state index contributed by atoms with van der Waals surface area (Å²) < 4.78 is 0. The Hall–Kier alpha value is -1.42. The molecule has 2 rings (SSSR count). The van der Waals surface area contributed by atoms with Crippen molar-refractivity contribution < 1.29 is 0 Å². The lowest BCUT2D eigenvalue weighted by Crippen LogP contribution is -1.99. The lowest BCUT2D eigenvalue weighted by molar-refractivity contribution is 1.22. The van der Waals surface area contributed by atoms with Crippen molar-refractivity contribution in [1.82, 2.24) is 9.97 Å². The molecule has 12 heavy (non-hydrogen) atoms. The number of benzene rings is 1. The average Bonchev–Trinajstić information content (AvgIpc) is 2.29. The summed E-state index contributed by atoms with van der Waals surface area (Å²) in [6.07, 6.45) is 0. The minimum atomic E-state index is -0.279. The first-order valence-electron chi connectivity index (χ1n) is 3.34. The molecule has 1 heterocycles. The number of aromatic nitrogens is 2. The van der Waals surface area contributed by atoms with Gasteiger partial charge in [0.15, 0.2) is 0 Å². The van der Waals surface area contributed by atoms with Crippen LogP contribution in [0.4, 0.5) is 5.69 Å². The van der Waals surface area contributed by atoms with Gasteiger partial charge in [0.1, 0.15) is 0 Å². The third-order valence-electron chi connectivity index (χ3n) is 1.62. The van der Waals surface area contributed by atoms with Gasteiger partial charge >= 0.3 is 5.69 Å². The summed E-state index contributed by atoms with van der Waals surface area (Å²) in [6.45, 7) is 0. The summed E-state index contributed by atoms with van der Waals surface area (Å²) in [5, 5.41) is 0.509. The second-order valence-corrected chi connectivity index (χ2v) is 2.93. The maximum absolute atomic E-state index is 10.8. The molecule has 1 aromatic heterocycles. The molecule has 0 aliphatic rings. The van der Waals surface area contributed by atoms with Crippen LogP contribution in [0.1, 0.15) is 0 Å². The molecule has 0 bridgehead atoms. The van der Waals surface area contributed by atoms with Crippen LogP contribution in [0, 0.1) is 0 Å². The van der Waals surface area contributed by atoms with Crippen LogP contribution in [0.15, 0.2) is 16.9 Å². The Balaban J connectivity index is 2.97. The largest absolute Gasteiger partial charge is 0.397 e. The van der Waals surface area contributed by atoms with Crippen LogP contribution < -0.4 is 11.4 Å². The van der Waals surface area contributed by atoms with Crippen molar-refractivity contribution in [2.24, 2.45) is 0 Å². The molecule has 4 nitrogen and oxygen atoms in total. The third kappa shape index (κ3) is 0.967. The Morgan fingerprint density at radius 3 is 2.83 bits per heavy atom. The number of anilines is 1. The van der Waals surface area contributed by atoms with Gasteiger partial charge in [0.05, 0.1) is 16.7 Å². The normalized spacial score (nSPS) is 10.8. The van der Waals surface area contributed by atoms with E-state index in [1.54, 1.807) is 12.1 Å². The highest BCUT2D eigenvalue weighted by molar-refractivity contribution is 6.31. The lowest BCUT2D eigenvalue weighted by Gasteiger charge is -1.95. The number of H-pyrrole nitrogens is 2. The summed E-state index contributed by atoms with van der Waals surface area (Å²) in [5.74, 6) is 0. The Morgan fingerprint density at radius 1 is 1.33 bits per heavy atom. The second kappa shape index (κ2) is 2.28. The monoisotopic (exact) mass is 183 g/mol. The molecule has 0 fully saturated rings. The molecule has 62 valence electrons. The summed E-state index contributed by atoms with van der Waals surface area (Å²) in [7, 11) is 0. The van der Waals surface area contributed by atoms with Crippen LogP contribution in [0.3, 0.4) is 0 Å². The summed E-state index contributed by atoms with van der Waals surface area (Å²) >= 11 is 5.72. The molecule has 4 N–H and O–H groups in total. The topological polar surface area (TPSA) is 74.7 Å². The predicted molar refractivity (Wildman–Crippen MR) is 48.3 cm³/mol. The number of hydrogen-bond acceptors (Lipinski definition) is 2. The van der Waals surface area contributed by atoms with Gasteiger partial charge in [-0.3, -0.25) is 0 Å². The maximum Gasteiger partial charge on any atom is 0.323 e. The molecule has 2 aromatic rings. The molecule has 0 aliphatic carbocycles. The number of rotatable bonds is 0. The highest BCUT2D eigenvalue weighted by Crippen LogP contribution is 2.21. The van der Waals surface area contributed by atoms with E-state index in [0.29, 0.717) is 21.7 Å². The van der Waals surface area contributed by atoms with E-state index >= 15 is 0 Å². The van der Waals surface area contributed by atoms with Gasteiger partial charge in [-0.25, -0.2) is 4.79 Å². The van der Waals surface area contributed by atoms with Crippen molar-refractivity contribution in [3.8, 4) is 0 Å². The van der Waals surface area contributed by atoms with Crippen LogP contribution >= 0.6 is 11.6 Å². The standard InChI is InChI=1S/C7H6ClN3O/c8-3-1-4(9)6-5(2-3)10-7(12)11-6/h1-2H,9H2,(H2,10,11,12). The molecular weight excluding hydrogens is 178 g/mol. The van der Waals surface area contributed by atoms with Crippen molar-refractivity contribution in [1.29, 1.82) is 0 Å². The van der Waals surface area contributed by atoms with Gasteiger partial charge < -0.3 is 15.7 Å². The second-order valence-electron chi connectivity index (χ2n) is 2.50. The maximum atomic E-state index is 10.8. The molecule has 0 saturated heterocycles. The van der Waals surface area contributed by atoms with E-state index < -0.39 is 0 Å². The number of nitrogen functional groups attached to an aromatic ring is 1. The zero-order chi connectivity index (χ0) is 8.72. The summed E-state index contributed by atoms with van der Waals surface area (Å²) in [4.78, 5) is 16.0. The van der Waals surface area contributed by atoms with Crippen LogP contribution in [0.2, 0.25) is 5.02 Å². The van der Waals surface area contributed by atoms with E-state index in [1.807, 2.05) is 0 Å². The Morgan fingerprint density at radius 2 is 2.08 bits per heavy atom. The smallest absolute Gasteiger partial charge is 0.323 e. The zero-order valence-corrected chi connectivity index (χ0v) is 6.77. The van der Waals surface area contributed by atoms with Crippen LogP contribution in [-0.2, 0) is 0 Å². The van der Waals surface area contributed by atoms with E-state index in [-0.39, 0.29) is 5.69 Å². The minimum Gasteiger partial charge on any atom is -0.397 e. The first-order valence-corrected chi connectivity index (χ1v) is 3.71. The molecule has 0 radical (unpaired) electrons. The third-order valence-corrected chi connectivity index (χ3v) is 1.84. The van der Waals surface area contributed by atoms with Crippen molar-refractivity contribution >= 4 is 28.3 Å². The molecule has 0 unspecified atom stereocenters. The van der Waals surface area contributed by atoms with Gasteiger partial charge in [0.25, 0.3) is 0 Å². The molecule has 0 atom stereocenters. The predicted octanol–water partition coefficient (Wildman–Crippen LogP) is 1.09. The van der Waals surface area contributed by atoms with Crippen LogP contribution in [-0.4, -0.2) is 9.97 Å².